The van der Waals surface area contributed by atoms with E-state index >= 15 is 0 Å². The highest BCUT2D eigenvalue weighted by molar-refractivity contribution is 6.01. The van der Waals surface area contributed by atoms with E-state index in [1.807, 2.05) is 49.4 Å². The fourth-order valence-electron chi connectivity index (χ4n) is 3.04. The molecule has 0 spiro atoms. The number of benzene rings is 2. The number of ether oxygens (including phenoxy) is 2. The van der Waals surface area contributed by atoms with Crippen molar-refractivity contribution in [3.05, 3.63) is 54.2 Å². The quantitative estimate of drug-likeness (QED) is 0.550. The number of amides is 1. The molecule has 8 heteroatoms. The lowest BCUT2D eigenvalue weighted by Crippen LogP contribution is -2.36. The van der Waals surface area contributed by atoms with Crippen molar-refractivity contribution in [1.29, 1.82) is 0 Å². The molecule has 0 saturated carbocycles. The van der Waals surface area contributed by atoms with Crippen LogP contribution in [0.2, 0.25) is 0 Å². The highest BCUT2D eigenvalue weighted by Gasteiger charge is 2.16. The highest BCUT2D eigenvalue weighted by Crippen LogP contribution is 2.28. The Kier molecular flexibility index (Phi) is 4.84. The second kappa shape index (κ2) is 7.59. The van der Waals surface area contributed by atoms with Gasteiger partial charge in [-0.15, -0.1) is 0 Å². The van der Waals surface area contributed by atoms with Crippen LogP contribution in [0.5, 0.6) is 6.08 Å². The van der Waals surface area contributed by atoms with Crippen LogP contribution in [0.3, 0.4) is 0 Å². The number of nitrogens with one attached hydrogen (secondary N) is 1. The van der Waals surface area contributed by atoms with E-state index in [-0.39, 0.29) is 18.7 Å². The van der Waals surface area contributed by atoms with Gasteiger partial charge in [-0.25, -0.2) is 4.79 Å². The van der Waals surface area contributed by atoms with Crippen molar-refractivity contribution in [3.8, 4) is 6.08 Å². The lowest BCUT2D eigenvalue weighted by molar-refractivity contribution is 0.135. The molecule has 2 aromatic heterocycles. The number of alkyl carbamates (subject to hydrolysis) is 1. The minimum absolute atomic E-state index is 0.199. The molecule has 0 fully saturated rings. The fourth-order valence-corrected chi connectivity index (χ4v) is 3.04. The number of carbonyl (C=O) groups is 1. The SMILES string of the molecule is COc1nc2c(ccc3cnn(CC(C)NC(=O)OCc4ccccc4)c32)o1. The molecule has 0 bridgehead atoms. The van der Waals surface area contributed by atoms with Crippen molar-refractivity contribution >= 4 is 28.1 Å². The van der Waals surface area contributed by atoms with Gasteiger partial charge in [0.1, 0.15) is 12.1 Å². The second-order valence-corrected chi connectivity index (χ2v) is 6.47. The first-order chi connectivity index (χ1) is 13.6. The normalized spacial score (nSPS) is 12.2. The standard InChI is InChI=1S/C20H20N4O4/c1-13(22-19(25)27-12-14-6-4-3-5-7-14)11-24-18-15(10-21-24)8-9-16-17(18)23-20(26-2)28-16/h3-10,13H,11-12H2,1-2H3,(H,22,25). The van der Waals surface area contributed by atoms with Crippen LogP contribution in [-0.4, -0.2) is 34.0 Å². The fraction of sp³-hybridized carbons (Fsp3) is 0.250. The lowest BCUT2D eigenvalue weighted by atomic mass is 10.2. The number of nitrogens with zero attached hydrogens (tertiary/aromatic N) is 3. The summed E-state index contributed by atoms with van der Waals surface area (Å²) in [4.78, 5) is 16.4. The molecular weight excluding hydrogens is 360 g/mol. The molecule has 28 heavy (non-hydrogen) atoms. The van der Waals surface area contributed by atoms with Crippen molar-refractivity contribution in [3.63, 3.8) is 0 Å². The summed E-state index contributed by atoms with van der Waals surface area (Å²) in [5.41, 5.74) is 3.06. The summed E-state index contributed by atoms with van der Waals surface area (Å²) < 4.78 is 17.7. The Hall–Kier alpha value is -3.55. The third-order valence-electron chi connectivity index (χ3n) is 4.34. The zero-order chi connectivity index (χ0) is 19.5. The Morgan fingerprint density at radius 1 is 1.25 bits per heavy atom. The first-order valence-electron chi connectivity index (χ1n) is 8.90. The third kappa shape index (κ3) is 3.62. The minimum Gasteiger partial charge on any atom is -0.453 e. The van der Waals surface area contributed by atoms with E-state index in [4.69, 9.17) is 13.9 Å². The first-order valence-corrected chi connectivity index (χ1v) is 8.90. The van der Waals surface area contributed by atoms with E-state index in [0.717, 1.165) is 16.5 Å². The monoisotopic (exact) mass is 380 g/mol. The number of aromatic nitrogens is 3. The Morgan fingerprint density at radius 3 is 2.86 bits per heavy atom. The Labute approximate surface area is 161 Å². The molecule has 4 aromatic rings. The van der Waals surface area contributed by atoms with Crippen LogP contribution in [0.4, 0.5) is 4.79 Å². The van der Waals surface area contributed by atoms with Gasteiger partial charge >= 0.3 is 12.2 Å². The molecular formula is C20H20N4O4. The molecule has 2 heterocycles. The number of hydrogen-bond acceptors (Lipinski definition) is 6. The Bertz CT molecular complexity index is 1100. The summed E-state index contributed by atoms with van der Waals surface area (Å²) in [5, 5.41) is 8.18. The van der Waals surface area contributed by atoms with Crippen LogP contribution < -0.4 is 10.1 Å². The zero-order valence-electron chi connectivity index (χ0n) is 15.6. The molecule has 2 aromatic carbocycles. The van der Waals surface area contributed by atoms with Gasteiger partial charge < -0.3 is 19.2 Å². The van der Waals surface area contributed by atoms with Crippen molar-refractivity contribution in [2.75, 3.05) is 7.11 Å². The summed E-state index contributed by atoms with van der Waals surface area (Å²) in [5.74, 6) is 0. The van der Waals surface area contributed by atoms with Crippen LogP contribution in [-0.2, 0) is 17.9 Å². The van der Waals surface area contributed by atoms with Gasteiger partial charge in [-0.2, -0.15) is 10.1 Å². The molecule has 1 atom stereocenters. The van der Waals surface area contributed by atoms with Crippen LogP contribution in [0.15, 0.2) is 53.1 Å². The van der Waals surface area contributed by atoms with E-state index in [9.17, 15) is 4.79 Å². The van der Waals surface area contributed by atoms with E-state index in [2.05, 4.69) is 15.4 Å². The van der Waals surface area contributed by atoms with E-state index in [1.165, 1.54) is 7.11 Å². The van der Waals surface area contributed by atoms with Crippen LogP contribution in [0.25, 0.3) is 22.0 Å². The predicted molar refractivity (Wildman–Crippen MR) is 103 cm³/mol. The van der Waals surface area contributed by atoms with E-state index in [0.29, 0.717) is 17.6 Å². The minimum atomic E-state index is -0.471. The maximum atomic E-state index is 12.1. The van der Waals surface area contributed by atoms with Gasteiger partial charge in [-0.05, 0) is 24.6 Å². The number of fused-ring (bicyclic) bond motifs is 3. The lowest BCUT2D eigenvalue weighted by Gasteiger charge is -2.15. The van der Waals surface area contributed by atoms with Gasteiger partial charge in [0, 0.05) is 11.4 Å². The summed E-state index contributed by atoms with van der Waals surface area (Å²) in [6.45, 7) is 2.57. The van der Waals surface area contributed by atoms with Gasteiger partial charge in [-0.1, -0.05) is 30.3 Å². The van der Waals surface area contributed by atoms with Crippen LogP contribution in [0.1, 0.15) is 12.5 Å². The van der Waals surface area contributed by atoms with Crippen LogP contribution in [0, 0.1) is 0 Å². The topological polar surface area (TPSA) is 91.4 Å². The van der Waals surface area contributed by atoms with E-state index in [1.54, 1.807) is 10.9 Å². The maximum absolute atomic E-state index is 12.1. The predicted octanol–water partition coefficient (Wildman–Crippen LogP) is 3.50. The molecule has 0 radical (unpaired) electrons. The Balaban J connectivity index is 1.45. The zero-order valence-corrected chi connectivity index (χ0v) is 15.6. The molecule has 1 amide bonds. The molecule has 1 unspecified atom stereocenters. The third-order valence-corrected chi connectivity index (χ3v) is 4.34. The largest absolute Gasteiger partial charge is 0.453 e. The molecule has 0 aliphatic carbocycles. The molecule has 144 valence electrons. The van der Waals surface area contributed by atoms with Crippen molar-refractivity contribution in [1.82, 2.24) is 20.1 Å². The average Bonchev–Trinajstić information content (AvgIpc) is 3.30. The number of carbonyl (C=O) groups excluding carboxylic acids is 1. The smallest absolute Gasteiger partial charge is 0.407 e. The Morgan fingerprint density at radius 2 is 2.07 bits per heavy atom. The summed E-state index contributed by atoms with van der Waals surface area (Å²) >= 11 is 0. The number of hydrogen-bond donors (Lipinski definition) is 1. The van der Waals surface area contributed by atoms with Crippen molar-refractivity contribution in [2.45, 2.75) is 26.1 Å². The molecule has 1 N–H and O–H groups in total. The van der Waals surface area contributed by atoms with Crippen molar-refractivity contribution < 1.29 is 18.7 Å². The van der Waals surface area contributed by atoms with Gasteiger partial charge in [0.15, 0.2) is 5.58 Å². The molecule has 0 aliphatic rings. The summed E-state index contributed by atoms with van der Waals surface area (Å²) in [6, 6.07) is 13.1. The maximum Gasteiger partial charge on any atom is 0.407 e. The van der Waals surface area contributed by atoms with Crippen molar-refractivity contribution in [2.24, 2.45) is 0 Å². The second-order valence-electron chi connectivity index (χ2n) is 6.47. The summed E-state index contributed by atoms with van der Waals surface area (Å²) in [7, 11) is 1.51. The molecule has 8 nitrogen and oxygen atoms in total. The summed E-state index contributed by atoms with van der Waals surface area (Å²) in [6.07, 6.45) is 1.49. The molecule has 0 aliphatic heterocycles. The number of rotatable bonds is 6. The van der Waals surface area contributed by atoms with Gasteiger partial charge in [0.05, 0.1) is 25.4 Å². The first kappa shape index (κ1) is 17.8. The number of methoxy groups -OCH3 is 1. The van der Waals surface area contributed by atoms with Gasteiger partial charge in [0.2, 0.25) is 0 Å². The molecule has 0 saturated heterocycles. The molecule has 4 rings (SSSR count). The van der Waals surface area contributed by atoms with Gasteiger partial charge in [0.25, 0.3) is 0 Å². The number of oxazole rings is 1. The van der Waals surface area contributed by atoms with E-state index < -0.39 is 6.09 Å². The average molecular weight is 380 g/mol. The van der Waals surface area contributed by atoms with Crippen LogP contribution >= 0.6 is 0 Å². The van der Waals surface area contributed by atoms with Gasteiger partial charge in [-0.3, -0.25) is 4.68 Å². The highest BCUT2D eigenvalue weighted by atomic mass is 16.6.